The van der Waals surface area contributed by atoms with Crippen LogP contribution >= 0.6 is 0 Å². The molecule has 0 saturated carbocycles. The molecule has 0 bridgehead atoms. The second-order valence-corrected chi connectivity index (χ2v) is 11.9. The average Bonchev–Trinajstić information content (AvgIpc) is 2.80. The first-order valence-electron chi connectivity index (χ1n) is 10.3. The van der Waals surface area contributed by atoms with Gasteiger partial charge in [-0.15, -0.1) is 0 Å². The Morgan fingerprint density at radius 1 is 0.968 bits per heavy atom. The monoisotopic (exact) mass is 477 g/mol. The Kier molecular flexibility index (Phi) is 6.78. The zero-order valence-electron chi connectivity index (χ0n) is 17.4. The number of benzene rings is 3. The van der Waals surface area contributed by atoms with E-state index in [1.807, 2.05) is 79.7 Å². The van der Waals surface area contributed by atoms with Gasteiger partial charge >= 0.3 is 187 Å². The van der Waals surface area contributed by atoms with E-state index in [9.17, 15) is 9.90 Å². The first kappa shape index (κ1) is 21.3. The molecule has 1 heterocycles. The van der Waals surface area contributed by atoms with Crippen LogP contribution in [0.25, 0.3) is 22.7 Å². The predicted molar refractivity (Wildman–Crippen MR) is 130 cm³/mol. The molecule has 4 nitrogen and oxygen atoms in total. The fourth-order valence-corrected chi connectivity index (χ4v) is 7.03. The summed E-state index contributed by atoms with van der Waals surface area (Å²) in [6.45, 7) is 2.22. The number of hydrogen-bond acceptors (Lipinski definition) is 3. The number of aryl methyl sites for hydroxylation is 1. The van der Waals surface area contributed by atoms with E-state index in [-0.39, 0.29) is 12.2 Å². The van der Waals surface area contributed by atoms with Gasteiger partial charge in [0.1, 0.15) is 0 Å². The second kappa shape index (κ2) is 9.88. The number of rotatable bonds is 7. The fourth-order valence-electron chi connectivity index (χ4n) is 3.50. The summed E-state index contributed by atoms with van der Waals surface area (Å²) in [6, 6.07) is 25.8. The third-order valence-electron chi connectivity index (χ3n) is 5.07. The summed E-state index contributed by atoms with van der Waals surface area (Å²) in [5.74, 6) is 0.620. The van der Waals surface area contributed by atoms with Gasteiger partial charge in [0.15, 0.2) is 0 Å². The summed E-state index contributed by atoms with van der Waals surface area (Å²) >= 11 is -1.19. The minimum atomic E-state index is -1.19. The molecule has 1 aromatic heterocycles. The van der Waals surface area contributed by atoms with E-state index in [0.717, 1.165) is 21.9 Å². The first-order valence-corrected chi connectivity index (χ1v) is 13.5. The molecule has 0 aliphatic carbocycles. The van der Waals surface area contributed by atoms with Crippen molar-refractivity contribution >= 4 is 35.3 Å². The SMILES string of the molecule is Cc1ccc(-n2c(/C=C/C[Se](CCO)c3ccccc3)nc3ccccc3c2=O)cc1. The van der Waals surface area contributed by atoms with Crippen LogP contribution in [0.3, 0.4) is 0 Å². The van der Waals surface area contributed by atoms with Gasteiger partial charge in [0.2, 0.25) is 0 Å². The Labute approximate surface area is 186 Å². The van der Waals surface area contributed by atoms with Crippen LogP contribution in [0.2, 0.25) is 10.6 Å². The molecule has 157 valence electrons. The molecule has 0 fully saturated rings. The van der Waals surface area contributed by atoms with Gasteiger partial charge in [-0.3, -0.25) is 0 Å². The van der Waals surface area contributed by atoms with Crippen molar-refractivity contribution in [2.24, 2.45) is 0 Å². The van der Waals surface area contributed by atoms with Gasteiger partial charge in [0.05, 0.1) is 0 Å². The zero-order chi connectivity index (χ0) is 21.6. The molecular weight excluding hydrogens is 451 g/mol. The van der Waals surface area contributed by atoms with E-state index >= 15 is 0 Å². The standard InChI is InChI=1S/C26H25N2O2Se/c1-20-13-15-21(16-14-20)28-25(27-24-11-6-5-10-23(24)26(28)30)12-7-18-31(19-17-29)22-8-3-2-4-9-22/h2-16,29H,17-19H2,1H3/b12-7+. The van der Waals surface area contributed by atoms with Gasteiger partial charge < -0.3 is 0 Å². The second-order valence-electron chi connectivity index (χ2n) is 7.27. The third kappa shape index (κ3) is 4.86. The van der Waals surface area contributed by atoms with Crippen molar-refractivity contribution in [2.75, 3.05) is 6.61 Å². The van der Waals surface area contributed by atoms with Crippen molar-refractivity contribution in [3.8, 4) is 5.69 Å². The quantitative estimate of drug-likeness (QED) is 0.409. The van der Waals surface area contributed by atoms with E-state index in [0.29, 0.717) is 16.7 Å². The molecular formula is C26H25N2O2Se. The van der Waals surface area contributed by atoms with Gasteiger partial charge in [0.25, 0.3) is 0 Å². The van der Waals surface area contributed by atoms with E-state index in [1.54, 1.807) is 4.57 Å². The van der Waals surface area contributed by atoms with Crippen LogP contribution < -0.4 is 10.0 Å². The Hall–Kier alpha value is -2.98. The summed E-state index contributed by atoms with van der Waals surface area (Å²) in [6.07, 6.45) is 4.05. The number of fused-ring (bicyclic) bond motifs is 1. The molecule has 0 unspecified atom stereocenters. The number of para-hydroxylation sites is 1. The maximum atomic E-state index is 13.3. The number of aliphatic hydroxyl groups is 1. The summed E-state index contributed by atoms with van der Waals surface area (Å²) < 4.78 is 3.01. The Bertz CT molecular complexity index is 1250. The fraction of sp³-hybridized carbons (Fsp3) is 0.154. The van der Waals surface area contributed by atoms with Crippen LogP contribution in [-0.2, 0) is 0 Å². The van der Waals surface area contributed by atoms with Crippen LogP contribution in [0.4, 0.5) is 0 Å². The van der Waals surface area contributed by atoms with Crippen LogP contribution in [0.1, 0.15) is 11.4 Å². The van der Waals surface area contributed by atoms with Crippen molar-refractivity contribution in [3.63, 3.8) is 0 Å². The van der Waals surface area contributed by atoms with Gasteiger partial charge in [-0.1, -0.05) is 0 Å². The molecule has 31 heavy (non-hydrogen) atoms. The molecule has 0 aliphatic rings. The summed E-state index contributed by atoms with van der Waals surface area (Å²) in [5, 5.41) is 11.8. The summed E-state index contributed by atoms with van der Waals surface area (Å²) in [4.78, 5) is 18.1. The van der Waals surface area contributed by atoms with Crippen LogP contribution in [0.15, 0.2) is 89.7 Å². The number of aliphatic hydroxyl groups excluding tert-OH is 1. The molecule has 4 aromatic rings. The van der Waals surface area contributed by atoms with E-state index < -0.39 is 13.9 Å². The third-order valence-corrected chi connectivity index (χ3v) is 9.71. The Morgan fingerprint density at radius 2 is 1.68 bits per heavy atom. The van der Waals surface area contributed by atoms with E-state index in [4.69, 9.17) is 4.98 Å². The van der Waals surface area contributed by atoms with Gasteiger partial charge in [-0.25, -0.2) is 0 Å². The number of hydrogen-bond donors (Lipinski definition) is 1. The van der Waals surface area contributed by atoms with E-state index in [2.05, 4.69) is 18.2 Å². The molecule has 1 N–H and O–H groups in total. The number of nitrogens with zero attached hydrogens (tertiary/aromatic N) is 2. The topological polar surface area (TPSA) is 55.1 Å². The summed E-state index contributed by atoms with van der Waals surface area (Å²) in [7, 11) is 0. The van der Waals surface area contributed by atoms with Crippen molar-refractivity contribution < 1.29 is 5.11 Å². The van der Waals surface area contributed by atoms with Crippen molar-refractivity contribution in [2.45, 2.75) is 17.6 Å². The van der Waals surface area contributed by atoms with Gasteiger partial charge in [-0.2, -0.15) is 0 Å². The first-order chi connectivity index (χ1) is 15.2. The molecule has 0 amide bonds. The average molecular weight is 476 g/mol. The van der Waals surface area contributed by atoms with E-state index in [1.165, 1.54) is 4.46 Å². The van der Waals surface area contributed by atoms with Gasteiger partial charge in [-0.05, 0) is 0 Å². The Balaban J connectivity index is 1.74. The maximum absolute atomic E-state index is 13.3. The molecule has 3 aromatic carbocycles. The summed E-state index contributed by atoms with van der Waals surface area (Å²) in [5.41, 5.74) is 2.57. The van der Waals surface area contributed by atoms with Crippen molar-refractivity contribution in [1.82, 2.24) is 9.55 Å². The molecule has 0 aliphatic heterocycles. The molecule has 4 rings (SSSR count). The molecule has 0 saturated heterocycles. The zero-order valence-corrected chi connectivity index (χ0v) is 19.2. The van der Waals surface area contributed by atoms with Crippen molar-refractivity contribution in [3.05, 3.63) is 107 Å². The van der Waals surface area contributed by atoms with Crippen molar-refractivity contribution in [1.29, 1.82) is 0 Å². The van der Waals surface area contributed by atoms with Gasteiger partial charge in [0, 0.05) is 0 Å². The van der Waals surface area contributed by atoms with Crippen LogP contribution in [0, 0.1) is 6.92 Å². The molecule has 0 atom stereocenters. The Morgan fingerprint density at radius 3 is 2.42 bits per heavy atom. The molecule has 5 heteroatoms. The predicted octanol–water partition coefficient (Wildman–Crippen LogP) is 4.10. The number of allylic oxidation sites excluding steroid dienone is 1. The number of aromatic nitrogens is 2. The van der Waals surface area contributed by atoms with Crippen LogP contribution in [-0.4, -0.2) is 35.2 Å². The minimum absolute atomic E-state index is 0.0694. The molecule has 0 spiro atoms. The molecule has 1 radical (unpaired) electrons. The normalized spacial score (nSPS) is 11.6. The van der Waals surface area contributed by atoms with Crippen LogP contribution in [0.5, 0.6) is 0 Å².